The van der Waals surface area contributed by atoms with E-state index in [1.54, 1.807) is 56.1 Å². The zero-order valence-electron chi connectivity index (χ0n) is 17.6. The average molecular weight is 408 g/mol. The highest BCUT2D eigenvalue weighted by atomic mass is 16.5. The van der Waals surface area contributed by atoms with Gasteiger partial charge in [0.25, 0.3) is 0 Å². The number of aromatic nitrogens is 4. The largest absolute Gasteiger partial charge is 0.455 e. The van der Waals surface area contributed by atoms with E-state index in [1.807, 2.05) is 20.0 Å². The van der Waals surface area contributed by atoms with Crippen molar-refractivity contribution in [1.82, 2.24) is 24.8 Å². The van der Waals surface area contributed by atoms with Crippen LogP contribution in [0.15, 0.2) is 43.1 Å². The van der Waals surface area contributed by atoms with Gasteiger partial charge in [-0.2, -0.15) is 0 Å². The highest BCUT2D eigenvalue weighted by Gasteiger charge is 2.23. The quantitative estimate of drug-likeness (QED) is 0.680. The summed E-state index contributed by atoms with van der Waals surface area (Å²) in [5, 5.41) is 4.84. The first-order valence-corrected chi connectivity index (χ1v) is 9.36. The molecule has 3 amide bonds. The van der Waals surface area contributed by atoms with Crippen LogP contribution in [-0.2, 0) is 4.79 Å². The minimum absolute atomic E-state index is 0.309. The standard InChI is InChI=1S/C21H24N6O3/c1-13-8-17(25-20(29)26-19(28)21(3,4)5)23-10-16(13)30-15-6-7-22-18(9-15)27-11-14(2)24-12-27/h6-12H,1-5H3,(H2,23,25,26,28,29). The molecule has 0 aromatic carbocycles. The highest BCUT2D eigenvalue weighted by molar-refractivity contribution is 6.02. The summed E-state index contributed by atoms with van der Waals surface area (Å²) in [7, 11) is 0. The zero-order chi connectivity index (χ0) is 21.9. The number of imide groups is 1. The molecule has 0 aliphatic heterocycles. The van der Waals surface area contributed by atoms with Crippen molar-refractivity contribution in [2.75, 3.05) is 5.32 Å². The Balaban J connectivity index is 1.69. The van der Waals surface area contributed by atoms with Crippen LogP contribution >= 0.6 is 0 Å². The van der Waals surface area contributed by atoms with Crippen molar-refractivity contribution in [3.63, 3.8) is 0 Å². The smallest absolute Gasteiger partial charge is 0.327 e. The van der Waals surface area contributed by atoms with Crippen molar-refractivity contribution < 1.29 is 14.3 Å². The number of rotatable bonds is 4. The Bertz CT molecular complexity index is 1080. The Hall–Kier alpha value is -3.75. The monoisotopic (exact) mass is 408 g/mol. The molecule has 0 fully saturated rings. The molecule has 9 nitrogen and oxygen atoms in total. The lowest BCUT2D eigenvalue weighted by atomic mass is 9.96. The fraction of sp³-hybridized carbons (Fsp3) is 0.286. The van der Waals surface area contributed by atoms with Gasteiger partial charge in [0.2, 0.25) is 5.91 Å². The molecule has 0 saturated carbocycles. The fourth-order valence-corrected chi connectivity index (χ4v) is 2.43. The summed E-state index contributed by atoms with van der Waals surface area (Å²) < 4.78 is 7.73. The molecule has 0 radical (unpaired) electrons. The maximum absolute atomic E-state index is 12.0. The highest BCUT2D eigenvalue weighted by Crippen LogP contribution is 2.26. The second-order valence-electron chi connectivity index (χ2n) is 7.87. The molecule has 0 saturated heterocycles. The zero-order valence-corrected chi connectivity index (χ0v) is 17.6. The van der Waals surface area contributed by atoms with Gasteiger partial charge in [0, 0.05) is 23.9 Å². The molecule has 0 atom stereocenters. The van der Waals surface area contributed by atoms with E-state index in [4.69, 9.17) is 4.74 Å². The van der Waals surface area contributed by atoms with Gasteiger partial charge in [-0.25, -0.2) is 19.7 Å². The fourth-order valence-electron chi connectivity index (χ4n) is 2.43. The predicted molar refractivity (Wildman–Crippen MR) is 112 cm³/mol. The van der Waals surface area contributed by atoms with E-state index in [9.17, 15) is 9.59 Å². The Kier molecular flexibility index (Phi) is 5.81. The van der Waals surface area contributed by atoms with Crippen LogP contribution in [0.2, 0.25) is 0 Å². The molecule has 3 aromatic rings. The lowest BCUT2D eigenvalue weighted by Gasteiger charge is -2.17. The summed E-state index contributed by atoms with van der Waals surface area (Å²) in [6.07, 6.45) is 6.71. The van der Waals surface area contributed by atoms with Gasteiger partial charge in [-0.3, -0.25) is 20.0 Å². The second-order valence-corrected chi connectivity index (χ2v) is 7.87. The van der Waals surface area contributed by atoms with E-state index in [2.05, 4.69) is 25.6 Å². The molecule has 0 aliphatic rings. The summed E-state index contributed by atoms with van der Waals surface area (Å²) in [6, 6.07) is 4.56. The topological polar surface area (TPSA) is 111 Å². The summed E-state index contributed by atoms with van der Waals surface area (Å²) in [6.45, 7) is 8.91. The molecule has 0 unspecified atom stereocenters. The van der Waals surface area contributed by atoms with Crippen LogP contribution in [0.5, 0.6) is 11.5 Å². The molecular formula is C21H24N6O3. The number of nitrogens with one attached hydrogen (secondary N) is 2. The Morgan fingerprint density at radius 2 is 1.87 bits per heavy atom. The number of hydrogen-bond donors (Lipinski definition) is 2. The number of ether oxygens (including phenoxy) is 1. The minimum Gasteiger partial charge on any atom is -0.455 e. The van der Waals surface area contributed by atoms with E-state index in [0.717, 1.165) is 11.3 Å². The number of carbonyl (C=O) groups is 2. The van der Waals surface area contributed by atoms with E-state index in [0.29, 0.717) is 23.1 Å². The van der Waals surface area contributed by atoms with Crippen molar-refractivity contribution in [2.45, 2.75) is 34.6 Å². The molecule has 2 N–H and O–H groups in total. The van der Waals surface area contributed by atoms with Gasteiger partial charge in [-0.05, 0) is 31.5 Å². The Labute approximate surface area is 174 Å². The normalized spacial score (nSPS) is 11.1. The summed E-state index contributed by atoms with van der Waals surface area (Å²) in [5.41, 5.74) is 0.982. The summed E-state index contributed by atoms with van der Waals surface area (Å²) >= 11 is 0. The number of urea groups is 1. The number of aryl methyl sites for hydroxylation is 2. The number of hydrogen-bond acceptors (Lipinski definition) is 6. The average Bonchev–Trinajstić information content (AvgIpc) is 3.10. The van der Waals surface area contributed by atoms with E-state index in [1.165, 1.54) is 6.20 Å². The number of nitrogens with zero attached hydrogens (tertiary/aromatic N) is 4. The molecule has 30 heavy (non-hydrogen) atoms. The minimum atomic E-state index is -0.669. The first-order valence-electron chi connectivity index (χ1n) is 9.36. The van der Waals surface area contributed by atoms with Gasteiger partial charge in [-0.15, -0.1) is 0 Å². The molecule has 156 valence electrons. The van der Waals surface area contributed by atoms with Crippen molar-refractivity contribution in [2.24, 2.45) is 5.41 Å². The maximum atomic E-state index is 12.0. The van der Waals surface area contributed by atoms with Crippen LogP contribution in [0.4, 0.5) is 10.6 Å². The molecule has 0 bridgehead atoms. The first kappa shape index (κ1) is 21.0. The van der Waals surface area contributed by atoms with E-state index in [-0.39, 0.29) is 5.91 Å². The van der Waals surface area contributed by atoms with Gasteiger partial charge in [0.15, 0.2) is 0 Å². The van der Waals surface area contributed by atoms with Crippen LogP contribution < -0.4 is 15.4 Å². The Morgan fingerprint density at radius 3 is 2.50 bits per heavy atom. The van der Waals surface area contributed by atoms with Gasteiger partial charge in [0.05, 0.1) is 11.9 Å². The van der Waals surface area contributed by atoms with Crippen molar-refractivity contribution in [3.8, 4) is 17.3 Å². The van der Waals surface area contributed by atoms with Crippen LogP contribution in [0.25, 0.3) is 5.82 Å². The third kappa shape index (κ3) is 5.19. The number of amides is 3. The van der Waals surface area contributed by atoms with Crippen LogP contribution in [0, 0.1) is 19.3 Å². The SMILES string of the molecule is Cc1cn(-c2cc(Oc3cnc(NC(=O)NC(=O)C(C)(C)C)cc3C)ccn2)cn1. The van der Waals surface area contributed by atoms with Crippen molar-refractivity contribution in [3.05, 3.63) is 54.4 Å². The van der Waals surface area contributed by atoms with Crippen molar-refractivity contribution >= 4 is 17.8 Å². The number of pyridine rings is 2. The van der Waals surface area contributed by atoms with Gasteiger partial charge < -0.3 is 4.74 Å². The summed E-state index contributed by atoms with van der Waals surface area (Å²) in [4.78, 5) is 36.6. The molecular weight excluding hydrogens is 384 g/mol. The third-order valence-corrected chi connectivity index (χ3v) is 4.13. The van der Waals surface area contributed by atoms with E-state index < -0.39 is 11.4 Å². The number of carbonyl (C=O) groups excluding carboxylic acids is 2. The van der Waals surface area contributed by atoms with Crippen LogP contribution in [0.1, 0.15) is 32.0 Å². The van der Waals surface area contributed by atoms with Gasteiger partial charge >= 0.3 is 6.03 Å². The Morgan fingerprint density at radius 1 is 1.10 bits per heavy atom. The molecule has 3 heterocycles. The molecule has 0 spiro atoms. The molecule has 0 aliphatic carbocycles. The molecule has 9 heteroatoms. The van der Waals surface area contributed by atoms with Crippen LogP contribution in [-0.4, -0.2) is 31.5 Å². The number of anilines is 1. The van der Waals surface area contributed by atoms with Gasteiger partial charge in [0.1, 0.15) is 29.5 Å². The third-order valence-electron chi connectivity index (χ3n) is 4.13. The van der Waals surface area contributed by atoms with Gasteiger partial charge in [-0.1, -0.05) is 20.8 Å². The van der Waals surface area contributed by atoms with Crippen LogP contribution in [0.3, 0.4) is 0 Å². The summed E-state index contributed by atoms with van der Waals surface area (Å²) in [5.74, 6) is 1.73. The van der Waals surface area contributed by atoms with E-state index >= 15 is 0 Å². The van der Waals surface area contributed by atoms with Crippen molar-refractivity contribution in [1.29, 1.82) is 0 Å². The molecule has 3 aromatic heterocycles. The first-order chi connectivity index (χ1) is 14.1. The number of imidazole rings is 1. The lowest BCUT2D eigenvalue weighted by Crippen LogP contribution is -2.41. The lowest BCUT2D eigenvalue weighted by molar-refractivity contribution is -0.127. The molecule has 3 rings (SSSR count). The second kappa shape index (κ2) is 8.32. The maximum Gasteiger partial charge on any atom is 0.327 e. The predicted octanol–water partition coefficient (Wildman–Crippen LogP) is 3.77.